The second-order valence-electron chi connectivity index (χ2n) is 7.18. The molecule has 132 valence electrons. The molecule has 1 aliphatic rings. The summed E-state index contributed by atoms with van der Waals surface area (Å²) in [4.78, 5) is 0. The molecule has 3 aromatic rings. The van der Waals surface area contributed by atoms with Gasteiger partial charge in [0.25, 0.3) is 0 Å². The zero-order valence-electron chi connectivity index (χ0n) is 15.9. The van der Waals surface area contributed by atoms with Gasteiger partial charge in [-0.15, -0.1) is 0 Å². The van der Waals surface area contributed by atoms with Crippen molar-refractivity contribution < 1.29 is 0 Å². The summed E-state index contributed by atoms with van der Waals surface area (Å²) in [6, 6.07) is 26.6. The third-order valence-electron chi connectivity index (χ3n) is 5.62. The van der Waals surface area contributed by atoms with Crippen LogP contribution in [-0.2, 0) is 5.41 Å². The molecule has 1 aliphatic carbocycles. The maximum atomic E-state index is 3.80. The number of allylic oxidation sites excluding steroid dienone is 5. The molecule has 0 saturated carbocycles. The molecule has 0 heteroatoms. The van der Waals surface area contributed by atoms with Crippen molar-refractivity contribution in [2.75, 3.05) is 0 Å². The van der Waals surface area contributed by atoms with Crippen LogP contribution in [0.4, 0.5) is 0 Å². The third-order valence-corrected chi connectivity index (χ3v) is 5.62. The lowest BCUT2D eigenvalue weighted by molar-refractivity contribution is 0.746. The van der Waals surface area contributed by atoms with Crippen LogP contribution >= 0.6 is 0 Å². The van der Waals surface area contributed by atoms with Gasteiger partial charge in [0.2, 0.25) is 0 Å². The van der Waals surface area contributed by atoms with E-state index in [9.17, 15) is 0 Å². The summed E-state index contributed by atoms with van der Waals surface area (Å²) in [7, 11) is 0. The SMILES string of the molecule is C=C/C=C\C=C(/C)C1(c2ccc(C)cc2)c2ccccc2-c2ccccc21. The minimum Gasteiger partial charge on any atom is -0.0991 e. The fourth-order valence-electron chi connectivity index (χ4n) is 4.41. The normalized spacial score (nSPS) is 14.8. The van der Waals surface area contributed by atoms with Crippen molar-refractivity contribution in [2.45, 2.75) is 19.3 Å². The van der Waals surface area contributed by atoms with Gasteiger partial charge in [-0.2, -0.15) is 0 Å². The summed E-state index contributed by atoms with van der Waals surface area (Å²) in [6.07, 6.45) is 8.11. The van der Waals surface area contributed by atoms with Gasteiger partial charge in [-0.05, 0) is 41.7 Å². The lowest BCUT2D eigenvalue weighted by Gasteiger charge is -2.34. The minimum atomic E-state index is -0.271. The third kappa shape index (κ3) is 2.61. The van der Waals surface area contributed by atoms with E-state index in [1.807, 2.05) is 12.2 Å². The van der Waals surface area contributed by atoms with E-state index < -0.39 is 0 Å². The average molecular weight is 348 g/mol. The first-order chi connectivity index (χ1) is 13.2. The van der Waals surface area contributed by atoms with Crippen molar-refractivity contribution in [1.82, 2.24) is 0 Å². The van der Waals surface area contributed by atoms with E-state index in [0.29, 0.717) is 0 Å². The summed E-state index contributed by atoms with van der Waals surface area (Å²) in [6.45, 7) is 8.18. The predicted molar refractivity (Wildman–Crippen MR) is 116 cm³/mol. The number of rotatable bonds is 4. The lowest BCUT2D eigenvalue weighted by Crippen LogP contribution is -2.28. The number of aryl methyl sites for hydroxylation is 1. The molecule has 0 fully saturated rings. The van der Waals surface area contributed by atoms with Crippen LogP contribution in [0.25, 0.3) is 11.1 Å². The van der Waals surface area contributed by atoms with Crippen LogP contribution in [0.2, 0.25) is 0 Å². The summed E-state index contributed by atoms with van der Waals surface area (Å²) in [5.74, 6) is 0. The molecule has 0 aliphatic heterocycles. The fraction of sp³-hybridized carbons (Fsp3) is 0.111. The quantitative estimate of drug-likeness (QED) is 0.445. The molecule has 0 amide bonds. The highest BCUT2D eigenvalue weighted by Crippen LogP contribution is 2.55. The number of benzene rings is 3. The van der Waals surface area contributed by atoms with Crippen molar-refractivity contribution in [3.05, 3.63) is 132 Å². The largest absolute Gasteiger partial charge is 0.0991 e. The lowest BCUT2D eigenvalue weighted by atomic mass is 9.67. The first-order valence-electron chi connectivity index (χ1n) is 9.42. The molecule has 0 saturated heterocycles. The van der Waals surface area contributed by atoms with Gasteiger partial charge in [-0.25, -0.2) is 0 Å². The van der Waals surface area contributed by atoms with Crippen LogP contribution in [0.1, 0.15) is 29.2 Å². The summed E-state index contributed by atoms with van der Waals surface area (Å²) in [5.41, 5.74) is 9.00. The molecule has 0 aromatic heterocycles. The Bertz CT molecular complexity index is 1000. The fourth-order valence-corrected chi connectivity index (χ4v) is 4.41. The second kappa shape index (κ2) is 6.89. The zero-order chi connectivity index (χ0) is 18.9. The Hall–Kier alpha value is -3.12. The van der Waals surface area contributed by atoms with Crippen molar-refractivity contribution in [3.8, 4) is 11.1 Å². The highest BCUT2D eigenvalue weighted by Gasteiger charge is 2.45. The first kappa shape index (κ1) is 17.3. The summed E-state index contributed by atoms with van der Waals surface area (Å²) >= 11 is 0. The predicted octanol–water partition coefficient (Wildman–Crippen LogP) is 7.00. The highest BCUT2D eigenvalue weighted by molar-refractivity contribution is 5.85. The van der Waals surface area contributed by atoms with Crippen LogP contribution < -0.4 is 0 Å². The second-order valence-corrected chi connectivity index (χ2v) is 7.18. The number of hydrogen-bond donors (Lipinski definition) is 0. The van der Waals surface area contributed by atoms with Crippen molar-refractivity contribution in [3.63, 3.8) is 0 Å². The van der Waals surface area contributed by atoms with Crippen LogP contribution in [-0.4, -0.2) is 0 Å². The van der Waals surface area contributed by atoms with E-state index in [-0.39, 0.29) is 5.41 Å². The van der Waals surface area contributed by atoms with Gasteiger partial charge in [0.05, 0.1) is 5.41 Å². The molecule has 0 N–H and O–H groups in total. The Morgan fingerprint density at radius 2 is 1.33 bits per heavy atom. The van der Waals surface area contributed by atoms with Crippen molar-refractivity contribution >= 4 is 0 Å². The Kier molecular flexibility index (Phi) is 4.41. The van der Waals surface area contributed by atoms with Crippen LogP contribution in [0.3, 0.4) is 0 Å². The van der Waals surface area contributed by atoms with Crippen molar-refractivity contribution in [1.29, 1.82) is 0 Å². The molecular formula is C27H24. The van der Waals surface area contributed by atoms with E-state index >= 15 is 0 Å². The Balaban J connectivity index is 2.10. The van der Waals surface area contributed by atoms with Crippen LogP contribution in [0.15, 0.2) is 109 Å². The van der Waals surface area contributed by atoms with E-state index in [0.717, 1.165) is 0 Å². The molecule has 0 unspecified atom stereocenters. The van der Waals surface area contributed by atoms with Crippen LogP contribution in [0.5, 0.6) is 0 Å². The Labute approximate surface area is 162 Å². The molecule has 0 nitrogen and oxygen atoms in total. The summed E-state index contributed by atoms with van der Waals surface area (Å²) < 4.78 is 0. The van der Waals surface area contributed by atoms with Crippen molar-refractivity contribution in [2.24, 2.45) is 0 Å². The smallest absolute Gasteiger partial charge is 0.0673 e. The monoisotopic (exact) mass is 348 g/mol. The molecule has 0 bridgehead atoms. The van der Waals surface area contributed by atoms with E-state index in [1.165, 1.54) is 39.0 Å². The van der Waals surface area contributed by atoms with Gasteiger partial charge in [0, 0.05) is 0 Å². The maximum Gasteiger partial charge on any atom is 0.0673 e. The summed E-state index contributed by atoms with van der Waals surface area (Å²) in [5, 5.41) is 0. The molecule has 0 spiro atoms. The molecule has 0 atom stereocenters. The molecule has 4 rings (SSSR count). The van der Waals surface area contributed by atoms with E-state index in [4.69, 9.17) is 0 Å². The highest BCUT2D eigenvalue weighted by atomic mass is 14.5. The molecule has 3 aromatic carbocycles. The van der Waals surface area contributed by atoms with Gasteiger partial charge in [-0.1, -0.05) is 115 Å². The average Bonchev–Trinajstić information content (AvgIpc) is 3.00. The molecule has 0 radical (unpaired) electrons. The minimum absolute atomic E-state index is 0.271. The van der Waals surface area contributed by atoms with E-state index in [2.05, 4.69) is 105 Å². The molecule has 0 heterocycles. The number of hydrogen-bond acceptors (Lipinski definition) is 0. The van der Waals surface area contributed by atoms with E-state index in [1.54, 1.807) is 0 Å². The maximum absolute atomic E-state index is 3.80. The first-order valence-corrected chi connectivity index (χ1v) is 9.42. The van der Waals surface area contributed by atoms with Gasteiger partial charge in [-0.3, -0.25) is 0 Å². The molecular weight excluding hydrogens is 324 g/mol. The van der Waals surface area contributed by atoms with Gasteiger partial charge in [0.1, 0.15) is 0 Å². The number of fused-ring (bicyclic) bond motifs is 3. The Morgan fingerprint density at radius 3 is 1.89 bits per heavy atom. The standard InChI is InChI=1S/C27H24/c1-4-5-6-11-21(3)27(22-18-16-20(2)17-19-22)25-14-9-7-12-23(25)24-13-8-10-15-26(24)27/h4-19H,1H2,2-3H3/b6-5-,21-11+. The Morgan fingerprint density at radius 1 is 0.778 bits per heavy atom. The topological polar surface area (TPSA) is 0 Å². The molecule has 27 heavy (non-hydrogen) atoms. The zero-order valence-corrected chi connectivity index (χ0v) is 15.9. The van der Waals surface area contributed by atoms with Gasteiger partial charge < -0.3 is 0 Å². The van der Waals surface area contributed by atoms with Crippen LogP contribution in [0, 0.1) is 6.92 Å². The van der Waals surface area contributed by atoms with Gasteiger partial charge >= 0.3 is 0 Å². The van der Waals surface area contributed by atoms with Gasteiger partial charge in [0.15, 0.2) is 0 Å².